The number of hydrogen-bond acceptors (Lipinski definition) is 6. The molecule has 144 valence electrons. The molecule has 9 heteroatoms. The van der Waals surface area contributed by atoms with Crippen LogP contribution in [0, 0.1) is 11.3 Å². The van der Waals surface area contributed by atoms with Crippen LogP contribution < -0.4 is 14.8 Å². The van der Waals surface area contributed by atoms with E-state index in [0.29, 0.717) is 5.92 Å². The van der Waals surface area contributed by atoms with Crippen LogP contribution in [-0.4, -0.2) is 56.5 Å². The Morgan fingerprint density at radius 2 is 1.84 bits per heavy atom. The van der Waals surface area contributed by atoms with Gasteiger partial charge in [-0.25, -0.2) is 0 Å². The number of methoxy groups -OCH3 is 2. The number of rotatable bonds is 6. The number of nitrogens with one attached hydrogen (secondary N) is 1. The second-order valence-corrected chi connectivity index (χ2v) is 6.97. The highest BCUT2D eigenvalue weighted by Crippen LogP contribution is 2.38. The van der Waals surface area contributed by atoms with E-state index in [9.17, 15) is 5.11 Å². The van der Waals surface area contributed by atoms with Crippen molar-refractivity contribution >= 4 is 10.4 Å². The second kappa shape index (κ2) is 9.35. The summed E-state index contributed by atoms with van der Waals surface area (Å²) in [5.74, 6) is 2.00. The molecule has 0 amide bonds. The van der Waals surface area contributed by atoms with Crippen LogP contribution in [-0.2, 0) is 16.8 Å². The Morgan fingerprint density at radius 3 is 2.32 bits per heavy atom. The Morgan fingerprint density at radius 1 is 1.24 bits per heavy atom. The molecule has 1 saturated heterocycles. The van der Waals surface area contributed by atoms with Gasteiger partial charge in [-0.05, 0) is 36.6 Å². The van der Waals surface area contributed by atoms with Gasteiger partial charge >= 0.3 is 10.4 Å². The van der Waals surface area contributed by atoms with Gasteiger partial charge in [0.05, 0.1) is 20.8 Å². The van der Waals surface area contributed by atoms with Crippen molar-refractivity contribution in [1.82, 2.24) is 5.32 Å². The summed E-state index contributed by atoms with van der Waals surface area (Å²) in [6.45, 7) is 4.27. The molecule has 1 aliphatic rings. The molecule has 2 rings (SSSR count). The SMILES string of the molecule is CCC1CNCC1(CO)Cc1ccc(OC)c(OC)c1.O=S(=O)(O)O. The number of aliphatic hydroxyl groups is 1. The highest BCUT2D eigenvalue weighted by atomic mass is 32.3. The van der Waals surface area contributed by atoms with Crippen molar-refractivity contribution in [2.24, 2.45) is 11.3 Å². The molecular weight excluding hydrogens is 350 g/mol. The van der Waals surface area contributed by atoms with Crippen LogP contribution in [0.15, 0.2) is 18.2 Å². The van der Waals surface area contributed by atoms with Gasteiger partial charge in [0.2, 0.25) is 0 Å². The summed E-state index contributed by atoms with van der Waals surface area (Å²) in [5, 5.41) is 13.3. The number of aliphatic hydroxyl groups excluding tert-OH is 1. The zero-order valence-corrected chi connectivity index (χ0v) is 15.5. The largest absolute Gasteiger partial charge is 0.493 e. The molecule has 2 atom stereocenters. The maximum Gasteiger partial charge on any atom is 0.394 e. The molecule has 1 aromatic carbocycles. The summed E-state index contributed by atoms with van der Waals surface area (Å²) in [5.41, 5.74) is 1.12. The van der Waals surface area contributed by atoms with Crippen LogP contribution in [0.5, 0.6) is 11.5 Å². The number of ether oxygens (including phenoxy) is 2. The summed E-state index contributed by atoms with van der Waals surface area (Å²) in [6, 6.07) is 6.01. The molecule has 0 radical (unpaired) electrons. The first-order chi connectivity index (χ1) is 11.7. The predicted octanol–water partition coefficient (Wildman–Crippen LogP) is 1.20. The highest BCUT2D eigenvalue weighted by molar-refractivity contribution is 7.79. The molecule has 1 aromatic rings. The topological polar surface area (TPSA) is 125 Å². The second-order valence-electron chi connectivity index (χ2n) is 6.07. The maximum atomic E-state index is 9.91. The minimum Gasteiger partial charge on any atom is -0.493 e. The summed E-state index contributed by atoms with van der Waals surface area (Å²) in [7, 11) is -1.38. The van der Waals surface area contributed by atoms with E-state index in [-0.39, 0.29) is 12.0 Å². The minimum absolute atomic E-state index is 0.0612. The molecular formula is C16H27NO7S. The van der Waals surface area contributed by atoms with Crippen LogP contribution >= 0.6 is 0 Å². The summed E-state index contributed by atoms with van der Waals surface area (Å²) >= 11 is 0. The zero-order chi connectivity index (χ0) is 19.1. The van der Waals surface area contributed by atoms with Crippen LogP contribution in [0.25, 0.3) is 0 Å². The average molecular weight is 377 g/mol. The van der Waals surface area contributed by atoms with Crippen molar-refractivity contribution in [3.05, 3.63) is 23.8 Å². The van der Waals surface area contributed by atoms with Crippen LogP contribution in [0.2, 0.25) is 0 Å². The van der Waals surface area contributed by atoms with Gasteiger partial charge < -0.3 is 19.9 Å². The van der Waals surface area contributed by atoms with Crippen molar-refractivity contribution in [2.45, 2.75) is 19.8 Å². The van der Waals surface area contributed by atoms with Crippen molar-refractivity contribution in [1.29, 1.82) is 0 Å². The maximum absolute atomic E-state index is 9.91. The fourth-order valence-corrected chi connectivity index (χ4v) is 3.28. The summed E-state index contributed by atoms with van der Waals surface area (Å²) in [6.07, 6.45) is 1.94. The normalized spacial score (nSPS) is 22.9. The van der Waals surface area contributed by atoms with Gasteiger partial charge in [0, 0.05) is 12.0 Å². The molecule has 0 saturated carbocycles. The first-order valence-corrected chi connectivity index (χ1v) is 9.31. The van der Waals surface area contributed by atoms with E-state index in [2.05, 4.69) is 18.3 Å². The van der Waals surface area contributed by atoms with E-state index >= 15 is 0 Å². The molecule has 4 N–H and O–H groups in total. The molecule has 25 heavy (non-hydrogen) atoms. The van der Waals surface area contributed by atoms with E-state index in [1.165, 1.54) is 5.56 Å². The lowest BCUT2D eigenvalue weighted by Gasteiger charge is -2.32. The molecule has 0 spiro atoms. The van der Waals surface area contributed by atoms with E-state index in [0.717, 1.165) is 37.4 Å². The number of hydrogen-bond donors (Lipinski definition) is 4. The fraction of sp³-hybridized carbons (Fsp3) is 0.625. The molecule has 0 bridgehead atoms. The van der Waals surface area contributed by atoms with Crippen molar-refractivity contribution in [3.8, 4) is 11.5 Å². The monoisotopic (exact) mass is 377 g/mol. The van der Waals surface area contributed by atoms with Gasteiger partial charge in [-0.15, -0.1) is 0 Å². The van der Waals surface area contributed by atoms with Crippen molar-refractivity contribution in [3.63, 3.8) is 0 Å². The Kier molecular flexibility index (Phi) is 8.10. The van der Waals surface area contributed by atoms with Gasteiger partial charge in [-0.3, -0.25) is 9.11 Å². The van der Waals surface area contributed by atoms with Crippen LogP contribution in [0.1, 0.15) is 18.9 Å². The fourth-order valence-electron chi connectivity index (χ4n) is 3.28. The van der Waals surface area contributed by atoms with E-state index in [1.807, 2.05) is 12.1 Å². The first kappa shape index (κ1) is 21.7. The van der Waals surface area contributed by atoms with Crippen molar-refractivity contribution < 1.29 is 32.1 Å². The summed E-state index contributed by atoms with van der Waals surface area (Å²) in [4.78, 5) is 0. The lowest BCUT2D eigenvalue weighted by molar-refractivity contribution is 0.0963. The molecule has 2 unspecified atom stereocenters. The standard InChI is InChI=1S/C16H25NO3.H2O4S/c1-4-13-9-17-10-16(13,11-18)8-12-5-6-14(19-2)15(7-12)20-3;1-5(2,3)4/h5-7,13,17-18H,4,8-11H2,1-3H3;(H2,1,2,3,4). The Bertz CT molecular complexity index is 642. The average Bonchev–Trinajstić information content (AvgIpc) is 2.96. The van der Waals surface area contributed by atoms with Crippen LogP contribution in [0.3, 0.4) is 0 Å². The van der Waals surface area contributed by atoms with Gasteiger partial charge in [0.25, 0.3) is 0 Å². The Hall–Kier alpha value is -1.39. The van der Waals surface area contributed by atoms with Gasteiger partial charge in [0.15, 0.2) is 11.5 Å². The molecule has 1 aliphatic heterocycles. The third-order valence-corrected chi connectivity index (χ3v) is 4.55. The minimum atomic E-state index is -4.67. The van der Waals surface area contributed by atoms with Gasteiger partial charge in [-0.2, -0.15) is 8.42 Å². The van der Waals surface area contributed by atoms with Gasteiger partial charge in [-0.1, -0.05) is 19.4 Å². The molecule has 0 aromatic heterocycles. The Labute approximate surface area is 148 Å². The molecule has 0 aliphatic carbocycles. The lowest BCUT2D eigenvalue weighted by atomic mass is 9.73. The van der Waals surface area contributed by atoms with Crippen LogP contribution in [0.4, 0.5) is 0 Å². The first-order valence-electron chi connectivity index (χ1n) is 7.91. The predicted molar refractivity (Wildman–Crippen MR) is 93.6 cm³/mol. The number of benzene rings is 1. The smallest absolute Gasteiger partial charge is 0.394 e. The lowest BCUT2D eigenvalue weighted by Crippen LogP contribution is -2.36. The van der Waals surface area contributed by atoms with Gasteiger partial charge in [0.1, 0.15) is 0 Å². The molecule has 8 nitrogen and oxygen atoms in total. The zero-order valence-electron chi connectivity index (χ0n) is 14.7. The molecule has 1 fully saturated rings. The van der Waals surface area contributed by atoms with E-state index in [1.54, 1.807) is 14.2 Å². The van der Waals surface area contributed by atoms with E-state index < -0.39 is 10.4 Å². The summed E-state index contributed by atoms with van der Waals surface area (Å²) < 4.78 is 42.2. The quantitative estimate of drug-likeness (QED) is 0.545. The van der Waals surface area contributed by atoms with E-state index in [4.69, 9.17) is 27.0 Å². The van der Waals surface area contributed by atoms with Crippen molar-refractivity contribution in [2.75, 3.05) is 33.9 Å². The Balaban J connectivity index is 0.000000550. The third kappa shape index (κ3) is 6.44. The molecule has 1 heterocycles. The highest BCUT2D eigenvalue weighted by Gasteiger charge is 2.41. The third-order valence-electron chi connectivity index (χ3n) is 4.55.